The molecule has 9 heteroatoms. The maximum Gasteiger partial charge on any atom is 0.274 e. The van der Waals surface area contributed by atoms with Gasteiger partial charge in [0.25, 0.3) is 10.2 Å². The lowest BCUT2D eigenvalue weighted by Crippen LogP contribution is -2.50. The van der Waals surface area contributed by atoms with Gasteiger partial charge in [-0.15, -0.1) is 0 Å². The summed E-state index contributed by atoms with van der Waals surface area (Å²) in [4.78, 5) is 14.0. The Balaban J connectivity index is 2.42. The number of likely N-dealkylation sites (tertiary alicyclic amines) is 1. The highest BCUT2D eigenvalue weighted by molar-refractivity contribution is 7.87. The van der Waals surface area contributed by atoms with E-state index in [0.29, 0.717) is 26.1 Å². The van der Waals surface area contributed by atoms with Crippen molar-refractivity contribution in [3.8, 4) is 0 Å². The first-order chi connectivity index (χ1) is 9.83. The molecule has 0 aromatic heterocycles. The normalized spacial score (nSPS) is 21.3. The van der Waals surface area contributed by atoms with Crippen LogP contribution in [0.25, 0.3) is 0 Å². The number of hydrogen-bond acceptors (Lipinski definition) is 5. The average molecular weight is 322 g/mol. The second-order valence-corrected chi connectivity index (χ2v) is 6.81. The molecule has 0 aromatic carbocycles. The van der Waals surface area contributed by atoms with Gasteiger partial charge in [-0.05, 0) is 31.6 Å². The summed E-state index contributed by atoms with van der Waals surface area (Å²) in [6, 6.07) is -0.523. The summed E-state index contributed by atoms with van der Waals surface area (Å²) in [6.07, 6.45) is 3.04. The third-order valence-electron chi connectivity index (χ3n) is 3.58. The van der Waals surface area contributed by atoms with Crippen molar-refractivity contribution in [2.45, 2.75) is 31.7 Å². The van der Waals surface area contributed by atoms with Crippen LogP contribution in [0, 0.1) is 5.92 Å². The topological polar surface area (TPSA) is 128 Å². The van der Waals surface area contributed by atoms with Gasteiger partial charge in [-0.3, -0.25) is 4.79 Å². The minimum atomic E-state index is -3.68. The molecule has 1 heterocycles. The molecule has 0 aromatic rings. The van der Waals surface area contributed by atoms with Crippen LogP contribution in [-0.4, -0.2) is 58.6 Å². The Morgan fingerprint density at radius 2 is 2.24 bits per heavy atom. The highest BCUT2D eigenvalue weighted by Crippen LogP contribution is 2.17. The van der Waals surface area contributed by atoms with Crippen LogP contribution in [0.1, 0.15) is 25.7 Å². The molecule has 0 radical (unpaired) electrons. The van der Waals surface area contributed by atoms with E-state index in [1.165, 1.54) is 0 Å². The van der Waals surface area contributed by atoms with Crippen LogP contribution < -0.4 is 15.6 Å². The molecule has 1 saturated heterocycles. The van der Waals surface area contributed by atoms with Crippen LogP contribution in [0.3, 0.4) is 0 Å². The minimum Gasteiger partial charge on any atom is -0.385 e. The highest BCUT2D eigenvalue weighted by atomic mass is 32.2. The van der Waals surface area contributed by atoms with E-state index in [0.717, 1.165) is 19.3 Å². The molecule has 1 aliphatic heterocycles. The van der Waals surface area contributed by atoms with E-state index in [-0.39, 0.29) is 18.4 Å². The number of nitrogens with zero attached hydrogens (tertiary/aromatic N) is 1. The largest absolute Gasteiger partial charge is 0.385 e. The third-order valence-corrected chi connectivity index (χ3v) is 4.15. The maximum absolute atomic E-state index is 12.2. The SMILES string of the molecule is COCCCC(N)C(=O)N1CCCC(CNS(N)(=O)=O)C1. The fraction of sp³-hybridized carbons (Fsp3) is 0.917. The summed E-state index contributed by atoms with van der Waals surface area (Å²) in [5.41, 5.74) is 5.90. The van der Waals surface area contributed by atoms with Gasteiger partial charge >= 0.3 is 0 Å². The maximum atomic E-state index is 12.2. The Kier molecular flexibility index (Phi) is 7.53. The van der Waals surface area contributed by atoms with Crippen molar-refractivity contribution in [3.63, 3.8) is 0 Å². The van der Waals surface area contributed by atoms with Crippen LogP contribution in [0.15, 0.2) is 0 Å². The first-order valence-corrected chi connectivity index (χ1v) is 8.69. The molecule has 0 spiro atoms. The number of hydrogen-bond donors (Lipinski definition) is 3. The summed E-state index contributed by atoms with van der Waals surface area (Å²) in [7, 11) is -2.07. The molecule has 1 aliphatic rings. The number of rotatable bonds is 8. The number of nitrogens with one attached hydrogen (secondary N) is 1. The monoisotopic (exact) mass is 322 g/mol. The van der Waals surface area contributed by atoms with Gasteiger partial charge in [-0.1, -0.05) is 0 Å². The molecule has 8 nitrogen and oxygen atoms in total. The molecule has 0 saturated carbocycles. The molecule has 1 rings (SSSR count). The fourth-order valence-corrected chi connectivity index (χ4v) is 2.94. The van der Waals surface area contributed by atoms with Crippen molar-refractivity contribution in [2.75, 3.05) is 33.4 Å². The Morgan fingerprint density at radius 1 is 1.52 bits per heavy atom. The van der Waals surface area contributed by atoms with E-state index in [1.54, 1.807) is 12.0 Å². The molecule has 5 N–H and O–H groups in total. The van der Waals surface area contributed by atoms with Crippen LogP contribution >= 0.6 is 0 Å². The number of carbonyl (C=O) groups is 1. The molecule has 2 unspecified atom stereocenters. The zero-order valence-corrected chi connectivity index (χ0v) is 13.3. The van der Waals surface area contributed by atoms with Gasteiger partial charge in [-0.2, -0.15) is 8.42 Å². The van der Waals surface area contributed by atoms with Crippen molar-refractivity contribution >= 4 is 16.1 Å². The van der Waals surface area contributed by atoms with Crippen molar-refractivity contribution in [1.29, 1.82) is 0 Å². The summed E-state index contributed by atoms with van der Waals surface area (Å²) >= 11 is 0. The lowest BCUT2D eigenvalue weighted by atomic mass is 9.97. The van der Waals surface area contributed by atoms with E-state index >= 15 is 0 Å². The van der Waals surface area contributed by atoms with Crippen molar-refractivity contribution < 1.29 is 17.9 Å². The minimum absolute atomic E-state index is 0.0761. The number of carbonyl (C=O) groups excluding carboxylic acids is 1. The van der Waals surface area contributed by atoms with Crippen LogP contribution in [0.4, 0.5) is 0 Å². The number of ether oxygens (including phenoxy) is 1. The number of nitrogens with two attached hydrogens (primary N) is 2. The quantitative estimate of drug-likeness (QED) is 0.482. The Hall–Kier alpha value is -0.740. The Morgan fingerprint density at radius 3 is 2.86 bits per heavy atom. The number of amides is 1. The fourth-order valence-electron chi connectivity index (χ4n) is 2.47. The first kappa shape index (κ1) is 18.3. The zero-order valence-electron chi connectivity index (χ0n) is 12.5. The van der Waals surface area contributed by atoms with Gasteiger partial charge in [0.15, 0.2) is 0 Å². The van der Waals surface area contributed by atoms with Gasteiger partial charge in [-0.25, -0.2) is 9.86 Å². The molecule has 1 fully saturated rings. The summed E-state index contributed by atoms with van der Waals surface area (Å²) < 4.78 is 29.0. The van der Waals surface area contributed by atoms with E-state index in [4.69, 9.17) is 15.6 Å². The molecule has 124 valence electrons. The first-order valence-electron chi connectivity index (χ1n) is 7.14. The van der Waals surface area contributed by atoms with Crippen molar-refractivity contribution in [2.24, 2.45) is 16.8 Å². The molecule has 0 bridgehead atoms. The molecule has 21 heavy (non-hydrogen) atoms. The summed E-state index contributed by atoms with van der Waals surface area (Å²) in [5.74, 6) is -0.00129. The molecule has 2 atom stereocenters. The molecular formula is C12H26N4O4S. The van der Waals surface area contributed by atoms with E-state index in [1.807, 2.05) is 0 Å². The standard InChI is InChI=1S/C12H26N4O4S/c1-20-7-3-5-11(13)12(17)16-6-2-4-10(9-16)8-15-21(14,18)19/h10-11,15H,2-9,13H2,1H3,(H2,14,18,19). The summed E-state index contributed by atoms with van der Waals surface area (Å²) in [5, 5.41) is 4.91. The van der Waals surface area contributed by atoms with Crippen molar-refractivity contribution in [3.05, 3.63) is 0 Å². The van der Waals surface area contributed by atoms with Crippen LogP contribution in [0.5, 0.6) is 0 Å². The number of methoxy groups -OCH3 is 1. The summed E-state index contributed by atoms with van der Waals surface area (Å²) in [6.45, 7) is 2.02. The molecule has 1 amide bonds. The van der Waals surface area contributed by atoms with Gasteiger partial charge < -0.3 is 15.4 Å². The lowest BCUT2D eigenvalue weighted by Gasteiger charge is -2.34. The van der Waals surface area contributed by atoms with Crippen LogP contribution in [0.2, 0.25) is 0 Å². The molecular weight excluding hydrogens is 296 g/mol. The van der Waals surface area contributed by atoms with Gasteiger partial charge in [0.05, 0.1) is 6.04 Å². The molecule has 0 aliphatic carbocycles. The Labute approximate surface area is 126 Å². The predicted octanol–water partition coefficient (Wildman–Crippen LogP) is -1.23. The second-order valence-electron chi connectivity index (χ2n) is 5.43. The van der Waals surface area contributed by atoms with Gasteiger partial charge in [0.2, 0.25) is 5.91 Å². The smallest absolute Gasteiger partial charge is 0.274 e. The average Bonchev–Trinajstić information content (AvgIpc) is 2.44. The zero-order chi connectivity index (χ0) is 15.9. The van der Waals surface area contributed by atoms with E-state index in [9.17, 15) is 13.2 Å². The Bertz CT molecular complexity index is 429. The van der Waals surface area contributed by atoms with Gasteiger partial charge in [0.1, 0.15) is 0 Å². The number of piperidine rings is 1. The third kappa shape index (κ3) is 7.18. The lowest BCUT2D eigenvalue weighted by molar-refractivity contribution is -0.134. The van der Waals surface area contributed by atoms with E-state index < -0.39 is 16.3 Å². The second kappa shape index (κ2) is 8.64. The van der Waals surface area contributed by atoms with Crippen LogP contribution in [-0.2, 0) is 19.7 Å². The van der Waals surface area contributed by atoms with Crippen molar-refractivity contribution in [1.82, 2.24) is 9.62 Å². The predicted molar refractivity (Wildman–Crippen MR) is 79.5 cm³/mol. The highest BCUT2D eigenvalue weighted by Gasteiger charge is 2.27. The van der Waals surface area contributed by atoms with Gasteiger partial charge in [0, 0.05) is 33.4 Å². The van der Waals surface area contributed by atoms with E-state index in [2.05, 4.69) is 4.72 Å².